The summed E-state index contributed by atoms with van der Waals surface area (Å²) in [7, 11) is 3.22. The van der Waals surface area contributed by atoms with Gasteiger partial charge >= 0.3 is 5.97 Å². The molecule has 0 amide bonds. The van der Waals surface area contributed by atoms with E-state index in [2.05, 4.69) is 28.5 Å². The van der Waals surface area contributed by atoms with E-state index in [1.165, 1.54) is 11.8 Å². The Labute approximate surface area is 265 Å². The molecule has 0 aliphatic heterocycles. The standard InChI is InChI=1S/C34H32ClN3O7/c1-42-30-8-6-22(12-33(30)43-2)24-4-3-5-26-25(24)7-9-29(26)45-32-13-31(44-19-21-10-20(14-36)15-37-16-21)23(11-27(32)35)17-38-28(18-39)34(40)41/h3-6,8,10-13,15-16,28-29,38-39H,7,9,17-19H2,1-2H3,(H,40,41)/t28-,29-/m0/s1. The molecule has 45 heavy (non-hydrogen) atoms. The van der Waals surface area contributed by atoms with Gasteiger partial charge in [-0.2, -0.15) is 5.26 Å². The Morgan fingerprint density at radius 3 is 2.64 bits per heavy atom. The number of benzene rings is 3. The Balaban J connectivity index is 1.43. The van der Waals surface area contributed by atoms with Crippen LogP contribution in [-0.2, 0) is 24.4 Å². The van der Waals surface area contributed by atoms with Crippen LogP contribution in [0.25, 0.3) is 11.1 Å². The largest absolute Gasteiger partial charge is 0.493 e. The number of carbonyl (C=O) groups is 1. The molecule has 3 aromatic carbocycles. The number of ether oxygens (including phenoxy) is 4. The number of nitrogens with zero attached hydrogens (tertiary/aromatic N) is 2. The number of hydrogen-bond donors (Lipinski definition) is 3. The lowest BCUT2D eigenvalue weighted by Gasteiger charge is -2.20. The third-order valence-corrected chi connectivity index (χ3v) is 7.93. The number of pyridine rings is 1. The summed E-state index contributed by atoms with van der Waals surface area (Å²) < 4.78 is 23.6. The topological polar surface area (TPSA) is 143 Å². The lowest BCUT2D eigenvalue weighted by atomic mass is 9.96. The first-order valence-corrected chi connectivity index (χ1v) is 14.6. The summed E-state index contributed by atoms with van der Waals surface area (Å²) in [6, 6.07) is 17.9. The van der Waals surface area contributed by atoms with Crippen LogP contribution < -0.4 is 24.3 Å². The van der Waals surface area contributed by atoms with Crippen molar-refractivity contribution < 1.29 is 34.0 Å². The van der Waals surface area contributed by atoms with Crippen molar-refractivity contribution >= 4 is 17.6 Å². The zero-order valence-corrected chi connectivity index (χ0v) is 25.5. The van der Waals surface area contributed by atoms with E-state index in [1.807, 2.05) is 24.3 Å². The van der Waals surface area contributed by atoms with Crippen LogP contribution in [0.5, 0.6) is 23.0 Å². The number of hydrogen-bond acceptors (Lipinski definition) is 9. The summed E-state index contributed by atoms with van der Waals surface area (Å²) in [5.41, 5.74) is 5.97. The smallest absolute Gasteiger partial charge is 0.323 e. The molecule has 2 atom stereocenters. The van der Waals surface area contributed by atoms with Gasteiger partial charge in [-0.15, -0.1) is 0 Å². The van der Waals surface area contributed by atoms with Crippen molar-refractivity contribution in [3.05, 3.63) is 99.8 Å². The van der Waals surface area contributed by atoms with E-state index in [0.29, 0.717) is 44.7 Å². The van der Waals surface area contributed by atoms with Gasteiger partial charge in [0, 0.05) is 36.1 Å². The first kappa shape index (κ1) is 31.6. The average molecular weight is 630 g/mol. The minimum atomic E-state index is -1.18. The molecule has 1 heterocycles. The molecular weight excluding hydrogens is 598 g/mol. The number of aliphatic carboxylic acids is 1. The van der Waals surface area contributed by atoms with Gasteiger partial charge in [-0.05, 0) is 59.4 Å². The second kappa shape index (κ2) is 14.3. The van der Waals surface area contributed by atoms with E-state index in [9.17, 15) is 20.3 Å². The fourth-order valence-corrected chi connectivity index (χ4v) is 5.59. The Bertz CT molecular complexity index is 1740. The first-order chi connectivity index (χ1) is 21.8. The van der Waals surface area contributed by atoms with Gasteiger partial charge in [0.25, 0.3) is 0 Å². The van der Waals surface area contributed by atoms with Crippen LogP contribution in [0.15, 0.2) is 67.0 Å². The molecule has 1 aliphatic carbocycles. The highest BCUT2D eigenvalue weighted by Crippen LogP contribution is 2.44. The second-order valence-corrected chi connectivity index (χ2v) is 10.8. The molecule has 0 radical (unpaired) electrons. The quantitative estimate of drug-likeness (QED) is 0.174. The number of aliphatic hydroxyl groups excluding tert-OH is 1. The number of aliphatic hydroxyl groups is 1. The molecule has 0 saturated heterocycles. The molecule has 0 spiro atoms. The maximum absolute atomic E-state index is 11.5. The van der Waals surface area contributed by atoms with E-state index >= 15 is 0 Å². The second-order valence-electron chi connectivity index (χ2n) is 10.4. The fourth-order valence-electron chi connectivity index (χ4n) is 5.36. The number of rotatable bonds is 13. The summed E-state index contributed by atoms with van der Waals surface area (Å²) in [6.07, 6.45) is 4.33. The monoisotopic (exact) mass is 629 g/mol. The van der Waals surface area contributed by atoms with Crippen molar-refractivity contribution in [2.24, 2.45) is 0 Å². The summed E-state index contributed by atoms with van der Waals surface area (Å²) in [5.74, 6) is 0.938. The van der Waals surface area contributed by atoms with Gasteiger partial charge < -0.3 is 29.2 Å². The molecule has 0 fully saturated rings. The SMILES string of the molecule is COc1ccc(-c2cccc3c2CC[C@@H]3Oc2cc(OCc3cncc(C#N)c3)c(CN[C@@H](CO)C(=O)O)cc2Cl)cc1OC. The fraction of sp³-hybridized carbons (Fsp3) is 0.265. The van der Waals surface area contributed by atoms with E-state index in [1.54, 1.807) is 38.6 Å². The minimum absolute atomic E-state index is 0.0598. The number of methoxy groups -OCH3 is 2. The van der Waals surface area contributed by atoms with E-state index in [0.717, 1.165) is 29.5 Å². The molecule has 1 aromatic heterocycles. The Morgan fingerprint density at radius 1 is 1.09 bits per heavy atom. The predicted octanol–water partition coefficient (Wildman–Crippen LogP) is 5.47. The normalized spacial score (nSPS) is 14.2. The maximum atomic E-state index is 11.5. The van der Waals surface area contributed by atoms with Crippen LogP contribution in [0, 0.1) is 11.3 Å². The van der Waals surface area contributed by atoms with Crippen molar-refractivity contribution in [1.82, 2.24) is 10.3 Å². The van der Waals surface area contributed by atoms with Crippen LogP contribution in [0.2, 0.25) is 5.02 Å². The van der Waals surface area contributed by atoms with Crippen LogP contribution in [-0.4, -0.2) is 48.0 Å². The van der Waals surface area contributed by atoms with Gasteiger partial charge in [0.15, 0.2) is 11.5 Å². The summed E-state index contributed by atoms with van der Waals surface area (Å²) in [5, 5.41) is 31.2. The van der Waals surface area contributed by atoms with Crippen LogP contribution in [0.4, 0.5) is 0 Å². The molecule has 0 bridgehead atoms. The van der Waals surface area contributed by atoms with Crippen molar-refractivity contribution in [1.29, 1.82) is 5.26 Å². The van der Waals surface area contributed by atoms with Crippen LogP contribution in [0.3, 0.4) is 0 Å². The first-order valence-electron chi connectivity index (χ1n) is 14.2. The minimum Gasteiger partial charge on any atom is -0.493 e. The number of carboxylic acids is 1. The molecule has 5 rings (SSSR count). The number of nitrogens with one attached hydrogen (secondary N) is 1. The van der Waals surface area contributed by atoms with Crippen molar-refractivity contribution in [3.8, 4) is 40.2 Å². The van der Waals surface area contributed by atoms with Crippen molar-refractivity contribution in [3.63, 3.8) is 0 Å². The summed E-state index contributed by atoms with van der Waals surface area (Å²) in [4.78, 5) is 15.5. The van der Waals surface area contributed by atoms with Gasteiger partial charge in [0.1, 0.15) is 36.3 Å². The molecule has 232 valence electrons. The van der Waals surface area contributed by atoms with Gasteiger partial charge in [0.05, 0.1) is 31.4 Å². The highest BCUT2D eigenvalue weighted by Gasteiger charge is 2.28. The Kier molecular flexibility index (Phi) is 10.0. The van der Waals surface area contributed by atoms with Gasteiger partial charge in [-0.3, -0.25) is 15.1 Å². The van der Waals surface area contributed by atoms with Crippen LogP contribution >= 0.6 is 11.6 Å². The van der Waals surface area contributed by atoms with E-state index in [4.69, 9.17) is 30.5 Å². The molecule has 10 nitrogen and oxygen atoms in total. The van der Waals surface area contributed by atoms with Crippen LogP contribution in [0.1, 0.15) is 40.3 Å². The summed E-state index contributed by atoms with van der Waals surface area (Å²) in [6.45, 7) is -0.427. The number of fused-ring (bicyclic) bond motifs is 1. The number of halogens is 1. The number of aromatic nitrogens is 1. The van der Waals surface area contributed by atoms with Gasteiger partial charge in [-0.1, -0.05) is 35.9 Å². The third kappa shape index (κ3) is 7.13. The lowest BCUT2D eigenvalue weighted by molar-refractivity contribution is -0.140. The molecule has 3 N–H and O–H groups in total. The number of nitriles is 1. The summed E-state index contributed by atoms with van der Waals surface area (Å²) >= 11 is 6.72. The molecule has 0 unspecified atom stereocenters. The number of carboxylic acid groups (broad SMARTS) is 1. The van der Waals surface area contributed by atoms with Crippen molar-refractivity contribution in [2.75, 3.05) is 20.8 Å². The van der Waals surface area contributed by atoms with E-state index < -0.39 is 18.6 Å². The van der Waals surface area contributed by atoms with E-state index in [-0.39, 0.29) is 19.3 Å². The van der Waals surface area contributed by atoms with Gasteiger partial charge in [-0.25, -0.2) is 0 Å². The molecular formula is C34H32ClN3O7. The Morgan fingerprint density at radius 2 is 1.91 bits per heavy atom. The Hall–Kier alpha value is -4.82. The van der Waals surface area contributed by atoms with Crippen molar-refractivity contribution in [2.45, 2.75) is 38.1 Å². The van der Waals surface area contributed by atoms with Gasteiger partial charge in [0.2, 0.25) is 0 Å². The molecule has 4 aromatic rings. The molecule has 1 aliphatic rings. The highest BCUT2D eigenvalue weighted by atomic mass is 35.5. The highest BCUT2D eigenvalue weighted by molar-refractivity contribution is 6.32. The lowest BCUT2D eigenvalue weighted by Crippen LogP contribution is -2.39. The predicted molar refractivity (Wildman–Crippen MR) is 167 cm³/mol. The molecule has 11 heteroatoms. The molecule has 0 saturated carbocycles. The zero-order valence-electron chi connectivity index (χ0n) is 24.7. The zero-order chi connectivity index (χ0) is 31.9. The average Bonchev–Trinajstić information content (AvgIpc) is 3.47. The maximum Gasteiger partial charge on any atom is 0.323 e. The third-order valence-electron chi connectivity index (χ3n) is 7.63.